The topological polar surface area (TPSA) is 52.9 Å². The molecule has 0 radical (unpaired) electrons. The molecule has 0 aromatic heterocycles. The molecule has 2 rings (SSSR count). The summed E-state index contributed by atoms with van der Waals surface area (Å²) in [5, 5.41) is 12.5. The second-order valence-corrected chi connectivity index (χ2v) is 6.48. The number of rotatable bonds is 7. The minimum Gasteiger partial charge on any atom is -0.352 e. The zero-order valence-electron chi connectivity index (χ0n) is 13.0. The molecule has 0 spiro atoms. The highest BCUT2D eigenvalue weighted by molar-refractivity contribution is 7.98. The number of benzene rings is 2. The number of carbonyl (C=O) groups excluding carboxylic acids is 1. The number of nitrogens with one attached hydrogen (secondary N) is 1. The standard InChI is InChI=1S/C19H17ClN2OS/c20-18-8-4-3-5-15(18)9-10-19(23)22-11-12-24-14-17-7-2-1-6-16(17)13-21/h1-10H,11-12,14H2,(H,22,23)/b10-9+. The van der Waals surface area contributed by atoms with E-state index >= 15 is 0 Å². The van der Waals surface area contributed by atoms with E-state index in [1.807, 2.05) is 42.5 Å². The van der Waals surface area contributed by atoms with Gasteiger partial charge in [0.1, 0.15) is 0 Å². The van der Waals surface area contributed by atoms with E-state index in [9.17, 15) is 4.79 Å². The van der Waals surface area contributed by atoms with E-state index in [0.29, 0.717) is 17.1 Å². The molecule has 0 aliphatic carbocycles. The van der Waals surface area contributed by atoms with Crippen molar-refractivity contribution < 1.29 is 4.79 Å². The summed E-state index contributed by atoms with van der Waals surface area (Å²) in [4.78, 5) is 11.8. The number of carbonyl (C=O) groups is 1. The molecule has 0 fully saturated rings. The van der Waals surface area contributed by atoms with Crippen molar-refractivity contribution in [2.24, 2.45) is 0 Å². The molecule has 0 unspecified atom stereocenters. The highest BCUT2D eigenvalue weighted by atomic mass is 35.5. The summed E-state index contributed by atoms with van der Waals surface area (Å²) >= 11 is 7.71. The van der Waals surface area contributed by atoms with Gasteiger partial charge in [-0.1, -0.05) is 48.0 Å². The molecule has 1 N–H and O–H groups in total. The SMILES string of the molecule is N#Cc1ccccc1CSCCNC(=O)/C=C/c1ccccc1Cl. The highest BCUT2D eigenvalue weighted by Crippen LogP contribution is 2.16. The molecule has 5 heteroatoms. The molecule has 1 amide bonds. The summed E-state index contributed by atoms with van der Waals surface area (Å²) in [5.74, 6) is 1.40. The Morgan fingerprint density at radius 2 is 1.96 bits per heavy atom. The summed E-state index contributed by atoms with van der Waals surface area (Å²) < 4.78 is 0. The van der Waals surface area contributed by atoms with E-state index in [2.05, 4.69) is 11.4 Å². The Morgan fingerprint density at radius 1 is 1.21 bits per heavy atom. The van der Waals surface area contributed by atoms with Gasteiger partial charge in [0.2, 0.25) is 5.91 Å². The van der Waals surface area contributed by atoms with Gasteiger partial charge in [-0.25, -0.2) is 0 Å². The number of amides is 1. The molecule has 0 aliphatic rings. The number of hydrogen-bond acceptors (Lipinski definition) is 3. The molecule has 0 heterocycles. The van der Waals surface area contributed by atoms with E-state index in [4.69, 9.17) is 16.9 Å². The van der Waals surface area contributed by atoms with Crippen LogP contribution in [0.15, 0.2) is 54.6 Å². The van der Waals surface area contributed by atoms with Crippen LogP contribution in [0, 0.1) is 11.3 Å². The third kappa shape index (κ3) is 5.77. The Balaban J connectivity index is 1.70. The first-order valence-corrected chi connectivity index (χ1v) is 9.00. The van der Waals surface area contributed by atoms with Crippen molar-refractivity contribution in [3.8, 4) is 6.07 Å². The van der Waals surface area contributed by atoms with Gasteiger partial charge in [-0.15, -0.1) is 0 Å². The highest BCUT2D eigenvalue weighted by Gasteiger charge is 2.01. The molecule has 2 aromatic carbocycles. The fourth-order valence-electron chi connectivity index (χ4n) is 2.02. The first kappa shape index (κ1) is 18.1. The fourth-order valence-corrected chi connectivity index (χ4v) is 3.08. The third-order valence-electron chi connectivity index (χ3n) is 3.26. The summed E-state index contributed by atoms with van der Waals surface area (Å²) in [7, 11) is 0. The molecule has 0 saturated heterocycles. The van der Waals surface area contributed by atoms with Gasteiger partial charge < -0.3 is 5.32 Å². The van der Waals surface area contributed by atoms with Crippen LogP contribution in [0.25, 0.3) is 6.08 Å². The molecule has 24 heavy (non-hydrogen) atoms. The zero-order chi connectivity index (χ0) is 17.2. The van der Waals surface area contributed by atoms with Gasteiger partial charge in [-0.3, -0.25) is 4.79 Å². The van der Waals surface area contributed by atoms with Crippen LogP contribution in [0.5, 0.6) is 0 Å². The van der Waals surface area contributed by atoms with Crippen LogP contribution in [0.1, 0.15) is 16.7 Å². The molecular formula is C19H17ClN2OS. The molecule has 0 atom stereocenters. The van der Waals surface area contributed by atoms with Crippen LogP contribution in [0.3, 0.4) is 0 Å². The third-order valence-corrected chi connectivity index (χ3v) is 4.61. The Labute approximate surface area is 151 Å². The van der Waals surface area contributed by atoms with Crippen LogP contribution in [-0.2, 0) is 10.5 Å². The number of thioether (sulfide) groups is 1. The second kappa shape index (κ2) is 9.82. The molecule has 122 valence electrons. The van der Waals surface area contributed by atoms with Gasteiger partial charge in [0.15, 0.2) is 0 Å². The van der Waals surface area contributed by atoms with Crippen LogP contribution in [0.2, 0.25) is 5.02 Å². The second-order valence-electron chi connectivity index (χ2n) is 4.97. The number of hydrogen-bond donors (Lipinski definition) is 1. The Morgan fingerprint density at radius 3 is 2.75 bits per heavy atom. The van der Waals surface area contributed by atoms with Gasteiger partial charge in [0.25, 0.3) is 0 Å². The molecule has 0 aliphatic heterocycles. The normalized spacial score (nSPS) is 10.5. The predicted molar refractivity (Wildman–Crippen MR) is 101 cm³/mol. The van der Waals surface area contributed by atoms with Gasteiger partial charge in [0.05, 0.1) is 11.6 Å². The largest absolute Gasteiger partial charge is 0.352 e. The van der Waals surface area contributed by atoms with Crippen molar-refractivity contribution >= 4 is 35.3 Å². The summed E-state index contributed by atoms with van der Waals surface area (Å²) in [6.45, 7) is 0.574. The first-order chi connectivity index (χ1) is 11.7. The van der Waals surface area contributed by atoms with Crippen molar-refractivity contribution in [1.82, 2.24) is 5.32 Å². The van der Waals surface area contributed by atoms with Crippen LogP contribution in [0.4, 0.5) is 0 Å². The van der Waals surface area contributed by atoms with Crippen molar-refractivity contribution in [2.75, 3.05) is 12.3 Å². The lowest BCUT2D eigenvalue weighted by atomic mass is 10.1. The minimum atomic E-state index is -0.145. The van der Waals surface area contributed by atoms with Gasteiger partial charge in [-0.05, 0) is 29.3 Å². The maximum absolute atomic E-state index is 11.8. The number of nitrogens with zero attached hydrogens (tertiary/aromatic N) is 1. The Hall–Kier alpha value is -2.22. The zero-order valence-corrected chi connectivity index (χ0v) is 14.6. The summed E-state index contributed by atoms with van der Waals surface area (Å²) in [6.07, 6.45) is 3.19. The lowest BCUT2D eigenvalue weighted by Gasteiger charge is -2.04. The van der Waals surface area contributed by atoms with Gasteiger partial charge in [-0.2, -0.15) is 17.0 Å². The molecule has 0 bridgehead atoms. The van der Waals surface area contributed by atoms with E-state index in [1.165, 1.54) is 6.08 Å². The average molecular weight is 357 g/mol. The van der Waals surface area contributed by atoms with E-state index in [1.54, 1.807) is 23.9 Å². The maximum Gasteiger partial charge on any atom is 0.244 e. The smallest absolute Gasteiger partial charge is 0.244 e. The van der Waals surface area contributed by atoms with Crippen molar-refractivity contribution in [3.63, 3.8) is 0 Å². The summed E-state index contributed by atoms with van der Waals surface area (Å²) in [5.41, 5.74) is 2.54. The quantitative estimate of drug-likeness (QED) is 0.595. The van der Waals surface area contributed by atoms with Gasteiger partial charge >= 0.3 is 0 Å². The van der Waals surface area contributed by atoms with Crippen molar-refractivity contribution in [3.05, 3.63) is 76.3 Å². The van der Waals surface area contributed by atoms with Crippen LogP contribution in [-0.4, -0.2) is 18.2 Å². The minimum absolute atomic E-state index is 0.145. The number of nitriles is 1. The molecule has 0 saturated carbocycles. The monoisotopic (exact) mass is 356 g/mol. The van der Waals surface area contributed by atoms with E-state index < -0.39 is 0 Å². The van der Waals surface area contributed by atoms with Crippen LogP contribution >= 0.6 is 23.4 Å². The fraction of sp³-hybridized carbons (Fsp3) is 0.158. The molecular weight excluding hydrogens is 340 g/mol. The van der Waals surface area contributed by atoms with Crippen molar-refractivity contribution in [2.45, 2.75) is 5.75 Å². The lowest BCUT2D eigenvalue weighted by molar-refractivity contribution is -0.116. The lowest BCUT2D eigenvalue weighted by Crippen LogP contribution is -2.23. The van der Waals surface area contributed by atoms with Gasteiger partial charge in [0, 0.05) is 29.1 Å². The van der Waals surface area contributed by atoms with E-state index in [-0.39, 0.29) is 5.91 Å². The summed E-state index contributed by atoms with van der Waals surface area (Å²) in [6, 6.07) is 17.1. The Kier molecular flexibility index (Phi) is 7.41. The Bertz CT molecular complexity index is 768. The maximum atomic E-state index is 11.8. The first-order valence-electron chi connectivity index (χ1n) is 7.47. The number of halogens is 1. The van der Waals surface area contributed by atoms with E-state index in [0.717, 1.165) is 22.6 Å². The van der Waals surface area contributed by atoms with Crippen LogP contribution < -0.4 is 5.32 Å². The average Bonchev–Trinajstić information content (AvgIpc) is 2.61. The predicted octanol–water partition coefficient (Wildman–Crippen LogP) is 4.27. The van der Waals surface area contributed by atoms with Crippen molar-refractivity contribution in [1.29, 1.82) is 5.26 Å². The molecule has 3 nitrogen and oxygen atoms in total. The molecule has 2 aromatic rings.